The Morgan fingerprint density at radius 1 is 0.443 bits per heavy atom. The molecule has 12 nitrogen and oxygen atoms in total. The molecule has 0 bridgehead atoms. The third-order valence-corrected chi connectivity index (χ3v) is 12.6. The maximum absolute atomic E-state index is 10.0. The third kappa shape index (κ3) is 4.72. The van der Waals surface area contributed by atoms with Crippen LogP contribution in [0.4, 0.5) is 0 Å². The molecule has 4 aromatic carbocycles. The molecule has 1 unspecified atom stereocenters. The predicted molar refractivity (Wildman–Crippen MR) is 231 cm³/mol. The highest BCUT2D eigenvalue weighted by Gasteiger charge is 2.73. The first-order valence-corrected chi connectivity index (χ1v) is 19.7. The average Bonchev–Trinajstić information content (AvgIpc) is 4.10. The summed E-state index contributed by atoms with van der Waals surface area (Å²) in [5.74, 6) is -0.615. The third-order valence-electron chi connectivity index (χ3n) is 12.6. The number of hydrogen-bond acceptors (Lipinski definition) is 8. The van der Waals surface area contributed by atoms with E-state index in [9.17, 15) is 35.2 Å². The zero-order valence-corrected chi connectivity index (χ0v) is 32.0. The minimum absolute atomic E-state index is 0.373. The van der Waals surface area contributed by atoms with Crippen LogP contribution in [0.1, 0.15) is 33.6 Å². The molecule has 2 aromatic heterocycles. The summed E-state index contributed by atoms with van der Waals surface area (Å²) >= 11 is 0. The lowest BCUT2D eigenvalue weighted by molar-refractivity contribution is -0.834. The van der Waals surface area contributed by atoms with E-state index in [0.717, 1.165) is 89.4 Å². The highest BCUT2D eigenvalue weighted by molar-refractivity contribution is 6.59. The molecule has 1 atom stereocenters. The molecule has 0 fully saturated rings. The van der Waals surface area contributed by atoms with Gasteiger partial charge in [0.2, 0.25) is 22.8 Å². The topological polar surface area (TPSA) is 167 Å². The SMILES string of the molecule is O[B]Oc1ccc(C2=C3C=CC4=[N+]3C35n6c2ccc6C(c2ccc(B(O)O)cc2)=C2C=CC(=[N+]23)C(c2ccc(B(O)O)cc2)=c2ccc(n25)=C4c2ccc(B(O)O)cc2)cc1. The van der Waals surface area contributed by atoms with Gasteiger partial charge in [-0.3, -0.25) is 0 Å². The zero-order chi connectivity index (χ0) is 41.5. The van der Waals surface area contributed by atoms with Crippen LogP contribution in [0.15, 0.2) is 157 Å². The van der Waals surface area contributed by atoms with Gasteiger partial charge in [0.25, 0.3) is 0 Å². The Balaban J connectivity index is 1.25. The average molecular weight is 799 g/mol. The molecule has 7 N–H and O–H groups in total. The van der Waals surface area contributed by atoms with Gasteiger partial charge in [0.1, 0.15) is 5.75 Å². The smallest absolute Gasteiger partial charge is 0.537 e. The molecule has 61 heavy (non-hydrogen) atoms. The molecule has 289 valence electrons. The van der Waals surface area contributed by atoms with Gasteiger partial charge in [-0.25, -0.2) is 0 Å². The Bertz CT molecular complexity index is 3270. The monoisotopic (exact) mass is 799 g/mol. The Morgan fingerprint density at radius 3 is 1.20 bits per heavy atom. The molecule has 1 radical (unpaired) electrons. The van der Waals surface area contributed by atoms with E-state index < -0.39 is 27.3 Å². The molecular weight excluding hydrogens is 768 g/mol. The lowest BCUT2D eigenvalue weighted by Crippen LogP contribution is -2.71. The van der Waals surface area contributed by atoms with Gasteiger partial charge in [0, 0.05) is 24.3 Å². The number of allylic oxidation sites excluding steroid dienone is 4. The zero-order valence-electron chi connectivity index (χ0n) is 32.0. The normalized spacial score (nSPS) is 18.3. The Labute approximate surface area is 349 Å². The van der Waals surface area contributed by atoms with Gasteiger partial charge in [0.15, 0.2) is 0 Å². The summed E-state index contributed by atoms with van der Waals surface area (Å²) in [6.07, 6.45) is 8.57. The second kappa shape index (κ2) is 12.9. The van der Waals surface area contributed by atoms with Crippen LogP contribution in [0.25, 0.3) is 22.3 Å². The molecule has 1 spiro atoms. The van der Waals surface area contributed by atoms with E-state index in [1.54, 1.807) is 36.4 Å². The fourth-order valence-corrected chi connectivity index (χ4v) is 10.1. The summed E-state index contributed by atoms with van der Waals surface area (Å²) in [6, 6.07) is 38.0. The van der Waals surface area contributed by atoms with E-state index in [-0.39, 0.29) is 0 Å². The Hall–Kier alpha value is -6.74. The highest BCUT2D eigenvalue weighted by Crippen LogP contribution is 2.53. The van der Waals surface area contributed by atoms with Crippen molar-refractivity contribution in [3.63, 3.8) is 0 Å². The van der Waals surface area contributed by atoms with E-state index in [1.807, 2.05) is 60.7 Å². The summed E-state index contributed by atoms with van der Waals surface area (Å²) in [5, 5.41) is 71.5. The highest BCUT2D eigenvalue weighted by atomic mass is 16.5. The summed E-state index contributed by atoms with van der Waals surface area (Å²) in [5.41, 5.74) is 14.0. The van der Waals surface area contributed by atoms with Gasteiger partial charge in [-0.1, -0.05) is 94.1 Å². The van der Waals surface area contributed by atoms with Crippen LogP contribution >= 0.6 is 0 Å². The van der Waals surface area contributed by atoms with E-state index in [2.05, 4.69) is 66.9 Å². The second-order valence-corrected chi connectivity index (χ2v) is 15.6. The molecule has 8 heterocycles. The number of nitrogens with zero attached hydrogens (tertiary/aromatic N) is 4. The maximum Gasteiger partial charge on any atom is 0.569 e. The quantitative estimate of drug-likeness (QED) is 0.0677. The second-order valence-electron chi connectivity index (χ2n) is 15.6. The largest absolute Gasteiger partial charge is 0.569 e. The van der Waals surface area contributed by atoms with E-state index in [1.165, 1.54) is 0 Å². The molecule has 0 aliphatic carbocycles. The minimum atomic E-state index is -1.62. The van der Waals surface area contributed by atoms with Crippen molar-refractivity contribution in [2.45, 2.75) is 5.91 Å². The van der Waals surface area contributed by atoms with Crippen LogP contribution in [0.3, 0.4) is 0 Å². The van der Waals surface area contributed by atoms with Crippen LogP contribution in [-0.4, -0.2) is 93.9 Å². The summed E-state index contributed by atoms with van der Waals surface area (Å²) in [4.78, 5) is 0. The van der Waals surface area contributed by atoms with Crippen molar-refractivity contribution in [1.82, 2.24) is 9.13 Å². The predicted octanol–water partition coefficient (Wildman–Crippen LogP) is -1.63. The number of hydrogen-bond donors (Lipinski definition) is 7. The van der Waals surface area contributed by atoms with E-state index >= 15 is 0 Å². The summed E-state index contributed by atoms with van der Waals surface area (Å²) in [7, 11) is -4.21. The van der Waals surface area contributed by atoms with Gasteiger partial charge in [-0.15, -0.1) is 0 Å². The van der Waals surface area contributed by atoms with Crippen molar-refractivity contribution in [3.8, 4) is 5.75 Å². The van der Waals surface area contributed by atoms with Gasteiger partial charge in [0.05, 0.1) is 44.4 Å². The van der Waals surface area contributed by atoms with Gasteiger partial charge >= 0.3 is 35.0 Å². The van der Waals surface area contributed by atoms with Crippen LogP contribution in [-0.2, 0) is 5.91 Å². The lowest BCUT2D eigenvalue weighted by Gasteiger charge is -2.41. The lowest BCUT2D eigenvalue weighted by atomic mass is 9.79. The molecule has 12 rings (SSSR count). The first kappa shape index (κ1) is 36.1. The Morgan fingerprint density at radius 2 is 0.820 bits per heavy atom. The minimum Gasteiger partial charge on any atom is -0.537 e. The van der Waals surface area contributed by atoms with Crippen LogP contribution < -0.4 is 31.7 Å². The van der Waals surface area contributed by atoms with Crippen molar-refractivity contribution in [3.05, 3.63) is 201 Å². The van der Waals surface area contributed by atoms with Crippen LogP contribution in [0, 0.1) is 0 Å². The van der Waals surface area contributed by atoms with Gasteiger partial charge < -0.3 is 39.8 Å². The Kier molecular flexibility index (Phi) is 7.63. The summed E-state index contributed by atoms with van der Waals surface area (Å²) < 4.78 is 14.9. The molecule has 6 aliphatic rings. The van der Waals surface area contributed by atoms with E-state index in [0.29, 0.717) is 29.8 Å². The first-order valence-electron chi connectivity index (χ1n) is 19.7. The number of aromatic nitrogens is 2. The molecular formula is C45H31B4N4O8+2. The van der Waals surface area contributed by atoms with Crippen molar-refractivity contribution in [2.24, 2.45) is 0 Å². The van der Waals surface area contributed by atoms with Crippen LogP contribution in [0.5, 0.6) is 5.75 Å². The fourth-order valence-electron chi connectivity index (χ4n) is 10.1. The maximum atomic E-state index is 10.0. The van der Waals surface area contributed by atoms with Gasteiger partial charge in [-0.2, -0.15) is 9.13 Å². The fraction of sp³-hybridized carbons (Fsp3) is 0.0222. The number of rotatable bonds is 9. The van der Waals surface area contributed by atoms with Crippen LogP contribution in [0.2, 0.25) is 0 Å². The molecule has 0 amide bonds. The first-order chi connectivity index (χ1) is 29.7. The van der Waals surface area contributed by atoms with Crippen molar-refractivity contribution < 1.29 is 49.0 Å². The molecule has 16 heteroatoms. The van der Waals surface area contributed by atoms with Gasteiger partial charge in [-0.05, 0) is 75.0 Å². The molecule has 0 saturated carbocycles. The molecule has 6 aliphatic heterocycles. The number of benzene rings is 4. The van der Waals surface area contributed by atoms with Crippen molar-refractivity contribution >= 4 is 79.1 Å². The molecule has 6 aromatic rings. The summed E-state index contributed by atoms with van der Waals surface area (Å²) in [6.45, 7) is 0. The molecule has 0 saturated heterocycles. The van der Waals surface area contributed by atoms with E-state index in [4.69, 9.17) is 4.65 Å². The van der Waals surface area contributed by atoms with Crippen molar-refractivity contribution in [2.75, 3.05) is 0 Å². The standard InChI is InChI=1S/C45H31B4N4O8/c54-46-61-32-15-7-28(8-16-32)44-39-23-21-37-42(26-3-11-30(12-4-26)48(57)58)35-19-17-33-41(25-1-9-29(10-2-25)47(55)56)34-18-20-36-43(27-5-13-31(14-6-27)49(59)60)38-22-24-40(44)53(38)45(50(33)35,51(34)36)52(37)39/h1-24,54-60H/q+2. The van der Waals surface area contributed by atoms with Crippen molar-refractivity contribution in [1.29, 1.82) is 0 Å².